The number of nitrogens with one attached hydrogen (secondary N) is 1. The minimum Gasteiger partial charge on any atom is -0.493 e. The Bertz CT molecular complexity index is 822. The van der Waals surface area contributed by atoms with Gasteiger partial charge in [-0.05, 0) is 37.6 Å². The third-order valence-electron chi connectivity index (χ3n) is 4.53. The number of alkyl halides is 3. The van der Waals surface area contributed by atoms with Gasteiger partial charge in [0.1, 0.15) is 5.82 Å². The van der Waals surface area contributed by atoms with Gasteiger partial charge in [-0.3, -0.25) is 0 Å². The van der Waals surface area contributed by atoms with E-state index < -0.39 is 29.2 Å². The van der Waals surface area contributed by atoms with Crippen LogP contribution in [0, 0.1) is 5.82 Å². The van der Waals surface area contributed by atoms with E-state index in [0.717, 1.165) is 12.1 Å². The molecule has 2 aromatic rings. The molecule has 28 heavy (non-hydrogen) atoms. The summed E-state index contributed by atoms with van der Waals surface area (Å²) in [6, 6.07) is 6.63. The quantitative estimate of drug-likeness (QED) is 0.675. The van der Waals surface area contributed by atoms with Gasteiger partial charge in [0.15, 0.2) is 11.5 Å². The number of aliphatic hydroxyl groups is 1. The first-order chi connectivity index (χ1) is 13.0. The Morgan fingerprint density at radius 3 is 2.18 bits per heavy atom. The van der Waals surface area contributed by atoms with E-state index >= 15 is 0 Å². The molecule has 0 spiro atoms. The van der Waals surface area contributed by atoms with Crippen LogP contribution in [0.1, 0.15) is 36.6 Å². The molecule has 4 nitrogen and oxygen atoms in total. The molecule has 8 heteroatoms. The minimum absolute atomic E-state index is 0.0940. The van der Waals surface area contributed by atoms with E-state index in [2.05, 4.69) is 5.32 Å². The van der Waals surface area contributed by atoms with Crippen LogP contribution in [0.15, 0.2) is 36.4 Å². The first-order valence-electron chi connectivity index (χ1n) is 8.54. The fourth-order valence-corrected chi connectivity index (χ4v) is 2.80. The van der Waals surface area contributed by atoms with Crippen molar-refractivity contribution < 1.29 is 32.1 Å². The zero-order chi connectivity index (χ0) is 21.1. The van der Waals surface area contributed by atoms with Crippen molar-refractivity contribution in [1.29, 1.82) is 0 Å². The van der Waals surface area contributed by atoms with Gasteiger partial charge in [-0.25, -0.2) is 4.39 Å². The number of halogens is 4. The van der Waals surface area contributed by atoms with Crippen molar-refractivity contribution >= 4 is 0 Å². The fourth-order valence-electron chi connectivity index (χ4n) is 2.80. The van der Waals surface area contributed by atoms with E-state index in [1.165, 1.54) is 45.4 Å². The highest BCUT2D eigenvalue weighted by molar-refractivity contribution is 5.44. The maximum atomic E-state index is 14.4. The summed E-state index contributed by atoms with van der Waals surface area (Å²) >= 11 is 0. The van der Waals surface area contributed by atoms with Crippen molar-refractivity contribution in [2.75, 3.05) is 20.8 Å². The monoisotopic (exact) mass is 401 g/mol. The Hall–Kier alpha value is -2.32. The molecular formula is C20H23F4NO3. The zero-order valence-electron chi connectivity index (χ0n) is 16.0. The normalized spacial score (nSPS) is 15.0. The number of methoxy groups -OCH3 is 2. The Kier molecular flexibility index (Phi) is 6.56. The number of benzene rings is 2. The minimum atomic E-state index is -4.50. The van der Waals surface area contributed by atoms with E-state index in [1.54, 1.807) is 6.92 Å². The van der Waals surface area contributed by atoms with Crippen molar-refractivity contribution in [3.8, 4) is 11.5 Å². The van der Waals surface area contributed by atoms with Gasteiger partial charge in [0.25, 0.3) is 0 Å². The summed E-state index contributed by atoms with van der Waals surface area (Å²) in [5.74, 6) is 0.0560. The first kappa shape index (κ1) is 22.0. The second-order valence-electron chi connectivity index (χ2n) is 6.68. The van der Waals surface area contributed by atoms with Gasteiger partial charge < -0.3 is 19.9 Å². The molecule has 0 saturated heterocycles. The zero-order valence-corrected chi connectivity index (χ0v) is 16.0. The Morgan fingerprint density at radius 2 is 1.61 bits per heavy atom. The van der Waals surface area contributed by atoms with Crippen molar-refractivity contribution in [2.45, 2.75) is 31.7 Å². The van der Waals surface area contributed by atoms with Crippen LogP contribution < -0.4 is 14.8 Å². The van der Waals surface area contributed by atoms with Crippen molar-refractivity contribution in [1.82, 2.24) is 5.32 Å². The van der Waals surface area contributed by atoms with E-state index in [0.29, 0.717) is 5.75 Å². The summed E-state index contributed by atoms with van der Waals surface area (Å²) in [7, 11) is 2.82. The Balaban J connectivity index is 2.19. The van der Waals surface area contributed by atoms with Crippen LogP contribution in [0.3, 0.4) is 0 Å². The molecule has 0 aliphatic rings. The molecule has 154 valence electrons. The average molecular weight is 401 g/mol. The molecule has 0 heterocycles. The lowest BCUT2D eigenvalue weighted by molar-refractivity contribution is -0.137. The van der Waals surface area contributed by atoms with Gasteiger partial charge in [-0.1, -0.05) is 12.1 Å². The number of hydrogen-bond donors (Lipinski definition) is 2. The largest absolute Gasteiger partial charge is 0.493 e. The topological polar surface area (TPSA) is 50.7 Å². The molecule has 0 aliphatic heterocycles. The van der Waals surface area contributed by atoms with Gasteiger partial charge >= 0.3 is 6.18 Å². The van der Waals surface area contributed by atoms with E-state index in [-0.39, 0.29) is 23.4 Å². The number of hydrogen-bond acceptors (Lipinski definition) is 4. The lowest BCUT2D eigenvalue weighted by atomic mass is 9.93. The lowest BCUT2D eigenvalue weighted by Crippen LogP contribution is -2.37. The highest BCUT2D eigenvalue weighted by Gasteiger charge is 2.33. The molecule has 0 aliphatic carbocycles. The molecule has 2 unspecified atom stereocenters. The molecule has 0 fully saturated rings. The maximum Gasteiger partial charge on any atom is 0.416 e. The SMILES string of the molecule is COc1cc(F)c(C(C)NCC(C)(O)c2cccc(C(F)(F)F)c2)cc1OC. The molecule has 2 aromatic carbocycles. The second-order valence-corrected chi connectivity index (χ2v) is 6.68. The van der Waals surface area contributed by atoms with E-state index in [4.69, 9.17) is 9.47 Å². The highest BCUT2D eigenvalue weighted by Crippen LogP contribution is 2.34. The predicted molar refractivity (Wildman–Crippen MR) is 96.9 cm³/mol. The summed E-state index contributed by atoms with van der Waals surface area (Å²) in [6.07, 6.45) is -4.50. The van der Waals surface area contributed by atoms with Gasteiger partial charge in [0.05, 0.1) is 25.4 Å². The van der Waals surface area contributed by atoms with Crippen LogP contribution in [-0.4, -0.2) is 25.9 Å². The molecule has 0 saturated carbocycles. The third-order valence-corrected chi connectivity index (χ3v) is 4.53. The second kappa shape index (κ2) is 8.36. The highest BCUT2D eigenvalue weighted by atomic mass is 19.4. The predicted octanol–water partition coefficient (Wildman–Crippen LogP) is 4.42. The Morgan fingerprint density at radius 1 is 1.04 bits per heavy atom. The third kappa shape index (κ3) is 4.94. The molecule has 2 N–H and O–H groups in total. The summed E-state index contributed by atoms with van der Waals surface area (Å²) < 4.78 is 63.3. The van der Waals surface area contributed by atoms with Crippen LogP contribution in [0.25, 0.3) is 0 Å². The van der Waals surface area contributed by atoms with Gasteiger partial charge in [0.2, 0.25) is 0 Å². The summed E-state index contributed by atoms with van der Waals surface area (Å²) in [6.45, 7) is 2.98. The van der Waals surface area contributed by atoms with Gasteiger partial charge in [-0.15, -0.1) is 0 Å². The summed E-state index contributed by atoms with van der Waals surface area (Å²) in [5.41, 5.74) is -2.06. The summed E-state index contributed by atoms with van der Waals surface area (Å²) in [4.78, 5) is 0. The number of rotatable bonds is 7. The molecule has 2 atom stereocenters. The van der Waals surface area contributed by atoms with Crippen LogP contribution in [0.5, 0.6) is 11.5 Å². The lowest BCUT2D eigenvalue weighted by Gasteiger charge is -2.27. The van der Waals surface area contributed by atoms with Crippen molar-refractivity contribution in [3.63, 3.8) is 0 Å². The molecular weight excluding hydrogens is 378 g/mol. The number of ether oxygens (including phenoxy) is 2. The molecule has 0 bridgehead atoms. The van der Waals surface area contributed by atoms with Crippen LogP contribution in [0.2, 0.25) is 0 Å². The fraction of sp³-hybridized carbons (Fsp3) is 0.400. The van der Waals surface area contributed by atoms with Crippen molar-refractivity contribution in [3.05, 3.63) is 58.9 Å². The van der Waals surface area contributed by atoms with E-state index in [9.17, 15) is 22.7 Å². The molecule has 0 amide bonds. The van der Waals surface area contributed by atoms with Gasteiger partial charge in [-0.2, -0.15) is 13.2 Å². The summed E-state index contributed by atoms with van der Waals surface area (Å²) in [5, 5.41) is 13.6. The molecule has 0 radical (unpaired) electrons. The Labute approximate surface area is 161 Å². The molecule has 0 aromatic heterocycles. The van der Waals surface area contributed by atoms with Crippen LogP contribution in [-0.2, 0) is 11.8 Å². The molecule has 2 rings (SSSR count). The average Bonchev–Trinajstić information content (AvgIpc) is 2.65. The first-order valence-corrected chi connectivity index (χ1v) is 8.54. The van der Waals surface area contributed by atoms with Gasteiger partial charge in [0, 0.05) is 24.2 Å². The smallest absolute Gasteiger partial charge is 0.416 e. The van der Waals surface area contributed by atoms with Crippen LogP contribution >= 0.6 is 0 Å². The van der Waals surface area contributed by atoms with Crippen LogP contribution in [0.4, 0.5) is 17.6 Å². The van der Waals surface area contributed by atoms with E-state index in [1.807, 2.05) is 0 Å². The maximum absolute atomic E-state index is 14.4. The standard InChI is InChI=1S/C20H23F4NO3/c1-12(15-9-17(27-3)18(28-4)10-16(15)21)25-11-19(2,26)13-6-5-7-14(8-13)20(22,23)24/h5-10,12,25-26H,11H2,1-4H3. The van der Waals surface area contributed by atoms with Crippen molar-refractivity contribution in [2.24, 2.45) is 0 Å².